The summed E-state index contributed by atoms with van der Waals surface area (Å²) in [5.74, 6) is -0.419. The minimum absolute atomic E-state index is 0.0397. The Balaban J connectivity index is 1.35. The normalized spacial score (nSPS) is 19.9. The van der Waals surface area contributed by atoms with Gasteiger partial charge in [-0.25, -0.2) is 9.49 Å². The van der Waals surface area contributed by atoms with Crippen molar-refractivity contribution in [2.45, 2.75) is 50.0 Å². The third kappa shape index (κ3) is 4.56. The van der Waals surface area contributed by atoms with Crippen LogP contribution < -0.4 is 10.9 Å². The molecule has 1 aliphatic carbocycles. The molecule has 4 rings (SSSR count). The molecule has 7 heteroatoms. The second-order valence-corrected chi connectivity index (χ2v) is 8.33. The Hall–Kier alpha value is -2.54. The van der Waals surface area contributed by atoms with Crippen LogP contribution in [0.2, 0.25) is 0 Å². The fourth-order valence-electron chi connectivity index (χ4n) is 4.80. The zero-order valence-corrected chi connectivity index (χ0v) is 16.5. The molecule has 0 radical (unpaired) electrons. The third-order valence-electron chi connectivity index (χ3n) is 6.36. The topological polar surface area (TPSA) is 78.1 Å². The number of hydrogen-bond acceptors (Lipinski definition) is 4. The molecule has 6 nitrogen and oxygen atoms in total. The van der Waals surface area contributed by atoms with Crippen molar-refractivity contribution in [3.63, 3.8) is 0 Å². The summed E-state index contributed by atoms with van der Waals surface area (Å²) in [5.41, 5.74) is 1.06. The average Bonchev–Trinajstić information content (AvgIpc) is 3.20. The highest BCUT2D eigenvalue weighted by atomic mass is 19.1. The van der Waals surface area contributed by atoms with Crippen molar-refractivity contribution in [3.8, 4) is 0 Å². The molecular weight excluding hydrogens is 371 g/mol. The largest absolute Gasteiger partial charge is 0.348 e. The number of carbonyl (C=O) groups excluding carboxylic acids is 1. The number of halogens is 1. The molecule has 0 unspecified atom stereocenters. The number of nitrogens with one attached hydrogen (secondary N) is 2. The van der Waals surface area contributed by atoms with Gasteiger partial charge in [0.2, 0.25) is 0 Å². The lowest BCUT2D eigenvalue weighted by atomic mass is 9.78. The van der Waals surface area contributed by atoms with Gasteiger partial charge in [0.1, 0.15) is 11.5 Å². The van der Waals surface area contributed by atoms with E-state index >= 15 is 0 Å². The van der Waals surface area contributed by atoms with Gasteiger partial charge in [0.25, 0.3) is 11.5 Å². The van der Waals surface area contributed by atoms with Crippen molar-refractivity contribution in [1.82, 2.24) is 20.4 Å². The van der Waals surface area contributed by atoms with E-state index < -0.39 is 0 Å². The zero-order valence-electron chi connectivity index (χ0n) is 16.5. The molecule has 0 bridgehead atoms. The van der Waals surface area contributed by atoms with Crippen LogP contribution in [0.4, 0.5) is 4.39 Å². The predicted molar refractivity (Wildman–Crippen MR) is 108 cm³/mol. The van der Waals surface area contributed by atoms with Gasteiger partial charge in [-0.1, -0.05) is 25.0 Å². The Morgan fingerprint density at radius 2 is 1.97 bits per heavy atom. The van der Waals surface area contributed by atoms with Crippen LogP contribution in [0.1, 0.15) is 54.6 Å². The van der Waals surface area contributed by atoms with Crippen LogP contribution in [-0.2, 0) is 5.41 Å². The van der Waals surface area contributed by atoms with Crippen LogP contribution in [0.5, 0.6) is 0 Å². The van der Waals surface area contributed by atoms with Crippen LogP contribution in [0.15, 0.2) is 41.2 Å². The number of piperidine rings is 1. The SMILES string of the molecule is O=C(NC1CCN(CC2(c3cccc(F)c3)CCCC2)CC1)c1ccc(=O)[nH]n1. The third-order valence-corrected chi connectivity index (χ3v) is 6.36. The first-order valence-electron chi connectivity index (χ1n) is 10.4. The van der Waals surface area contributed by atoms with E-state index in [0.29, 0.717) is 0 Å². The second kappa shape index (κ2) is 8.45. The van der Waals surface area contributed by atoms with E-state index in [2.05, 4.69) is 26.5 Å². The molecule has 0 spiro atoms. The van der Waals surface area contributed by atoms with Gasteiger partial charge in [-0.3, -0.25) is 9.59 Å². The number of aromatic nitrogens is 2. The Bertz CT molecular complexity index is 895. The smallest absolute Gasteiger partial charge is 0.271 e. The van der Waals surface area contributed by atoms with Crippen molar-refractivity contribution >= 4 is 5.91 Å². The van der Waals surface area contributed by atoms with Crippen LogP contribution in [0.25, 0.3) is 0 Å². The molecule has 2 aromatic rings. The van der Waals surface area contributed by atoms with Crippen molar-refractivity contribution in [2.75, 3.05) is 19.6 Å². The van der Waals surface area contributed by atoms with Crippen molar-refractivity contribution in [2.24, 2.45) is 0 Å². The van der Waals surface area contributed by atoms with E-state index in [1.807, 2.05) is 6.07 Å². The van der Waals surface area contributed by atoms with Gasteiger partial charge in [0.05, 0.1) is 0 Å². The first-order chi connectivity index (χ1) is 14.0. The van der Waals surface area contributed by atoms with E-state index in [4.69, 9.17) is 0 Å². The number of rotatable bonds is 5. The first-order valence-corrected chi connectivity index (χ1v) is 10.4. The minimum Gasteiger partial charge on any atom is -0.348 e. The summed E-state index contributed by atoms with van der Waals surface area (Å²) >= 11 is 0. The lowest BCUT2D eigenvalue weighted by Gasteiger charge is -2.39. The van der Waals surface area contributed by atoms with Gasteiger partial charge in [0.15, 0.2) is 0 Å². The maximum absolute atomic E-state index is 13.8. The molecule has 2 fully saturated rings. The molecular formula is C22H27FN4O2. The fraction of sp³-hybridized carbons (Fsp3) is 0.500. The fourth-order valence-corrected chi connectivity index (χ4v) is 4.80. The molecule has 2 N–H and O–H groups in total. The number of aromatic amines is 1. The van der Waals surface area contributed by atoms with Gasteiger partial charge in [-0.2, -0.15) is 5.10 Å². The van der Waals surface area contributed by atoms with Crippen LogP contribution >= 0.6 is 0 Å². The van der Waals surface area contributed by atoms with E-state index in [1.54, 1.807) is 6.07 Å². The molecule has 2 aliphatic rings. The number of amides is 1. The molecule has 1 aromatic carbocycles. The molecule has 29 heavy (non-hydrogen) atoms. The van der Waals surface area contributed by atoms with Gasteiger partial charge in [-0.05, 0) is 49.4 Å². The molecule has 1 saturated heterocycles. The monoisotopic (exact) mass is 398 g/mol. The lowest BCUT2D eigenvalue weighted by Crippen LogP contribution is -2.48. The summed E-state index contributed by atoms with van der Waals surface area (Å²) in [5, 5.41) is 9.09. The lowest BCUT2D eigenvalue weighted by molar-refractivity contribution is 0.0895. The van der Waals surface area contributed by atoms with Crippen LogP contribution in [0.3, 0.4) is 0 Å². The van der Waals surface area contributed by atoms with Gasteiger partial charge in [0, 0.05) is 37.2 Å². The average molecular weight is 398 g/mol. The molecule has 1 aliphatic heterocycles. The number of likely N-dealkylation sites (tertiary alicyclic amines) is 1. The highest BCUT2D eigenvalue weighted by Gasteiger charge is 2.38. The number of H-pyrrole nitrogens is 1. The van der Waals surface area contributed by atoms with E-state index in [1.165, 1.54) is 31.0 Å². The predicted octanol–water partition coefficient (Wildman–Crippen LogP) is 2.62. The summed E-state index contributed by atoms with van der Waals surface area (Å²) in [6.45, 7) is 2.75. The van der Waals surface area contributed by atoms with Gasteiger partial charge in [-0.15, -0.1) is 0 Å². The quantitative estimate of drug-likeness (QED) is 0.812. The first kappa shape index (κ1) is 19.8. The molecule has 154 valence electrons. The summed E-state index contributed by atoms with van der Waals surface area (Å²) < 4.78 is 13.8. The Morgan fingerprint density at radius 1 is 1.21 bits per heavy atom. The van der Waals surface area contributed by atoms with E-state index in [9.17, 15) is 14.0 Å². The van der Waals surface area contributed by atoms with E-state index in [0.717, 1.165) is 50.9 Å². The molecule has 1 saturated carbocycles. The summed E-state index contributed by atoms with van der Waals surface area (Å²) in [4.78, 5) is 25.8. The summed E-state index contributed by atoms with van der Waals surface area (Å²) in [6, 6.07) is 9.94. The molecule has 1 aromatic heterocycles. The highest BCUT2D eigenvalue weighted by molar-refractivity contribution is 5.92. The Labute approximate surface area is 169 Å². The van der Waals surface area contributed by atoms with Crippen molar-refractivity contribution in [1.29, 1.82) is 0 Å². The standard InChI is InChI=1S/C22H27FN4O2/c23-17-5-3-4-16(14-17)22(10-1-2-11-22)15-27-12-8-18(9-13-27)24-21(29)19-6-7-20(28)26-25-19/h3-7,14,18H,1-2,8-13,15H2,(H,24,29)(H,26,28). The van der Waals surface area contributed by atoms with Crippen molar-refractivity contribution < 1.29 is 9.18 Å². The Kier molecular flexibility index (Phi) is 5.76. The van der Waals surface area contributed by atoms with Gasteiger partial charge < -0.3 is 10.2 Å². The summed E-state index contributed by atoms with van der Waals surface area (Å²) in [6.07, 6.45) is 6.32. The number of nitrogens with zero attached hydrogens (tertiary/aromatic N) is 2. The maximum atomic E-state index is 13.8. The molecule has 0 atom stereocenters. The van der Waals surface area contributed by atoms with E-state index in [-0.39, 0.29) is 34.4 Å². The molecule has 2 heterocycles. The zero-order chi connectivity index (χ0) is 20.3. The number of hydrogen-bond donors (Lipinski definition) is 2. The molecule has 1 amide bonds. The van der Waals surface area contributed by atoms with Crippen LogP contribution in [-0.4, -0.2) is 46.7 Å². The van der Waals surface area contributed by atoms with Crippen LogP contribution in [0, 0.1) is 5.82 Å². The maximum Gasteiger partial charge on any atom is 0.271 e. The second-order valence-electron chi connectivity index (χ2n) is 8.33. The summed E-state index contributed by atoms with van der Waals surface area (Å²) in [7, 11) is 0. The number of carbonyl (C=O) groups is 1. The van der Waals surface area contributed by atoms with Gasteiger partial charge >= 0.3 is 0 Å². The highest BCUT2D eigenvalue weighted by Crippen LogP contribution is 2.42. The number of benzene rings is 1. The van der Waals surface area contributed by atoms with Crippen molar-refractivity contribution in [3.05, 3.63) is 63.8 Å². The Morgan fingerprint density at radius 3 is 2.62 bits per heavy atom. The minimum atomic E-state index is -0.325.